The molecule has 0 amide bonds. The van der Waals surface area contributed by atoms with Gasteiger partial charge in [-0.25, -0.2) is 0 Å². The molecule has 0 aromatic carbocycles. The molecule has 0 heterocycles. The zero-order valence-electron chi connectivity index (χ0n) is 21.5. The third-order valence-electron chi connectivity index (χ3n) is 8.30. The Morgan fingerprint density at radius 1 is 0.387 bits per heavy atom. The van der Waals surface area contributed by atoms with E-state index >= 15 is 0 Å². The topological polar surface area (TPSA) is 12.0 Å². The van der Waals surface area contributed by atoms with Crippen molar-refractivity contribution in [1.82, 2.24) is 5.32 Å². The van der Waals surface area contributed by atoms with Crippen LogP contribution in [0.5, 0.6) is 0 Å². The molecule has 0 radical (unpaired) electrons. The number of nitrogens with one attached hydrogen (secondary N) is 1. The van der Waals surface area contributed by atoms with Crippen LogP contribution in [-0.2, 0) is 0 Å². The minimum Gasteiger partial charge on any atom is -0.314 e. The molecule has 0 spiro atoms. The van der Waals surface area contributed by atoms with E-state index in [2.05, 4.69) is 5.32 Å². The molecule has 2 aliphatic rings. The fourth-order valence-corrected chi connectivity index (χ4v) is 6.12. The fourth-order valence-electron chi connectivity index (χ4n) is 6.12. The molecule has 1 N–H and O–H groups in total. The van der Waals surface area contributed by atoms with Gasteiger partial charge >= 0.3 is 0 Å². The van der Waals surface area contributed by atoms with E-state index in [0.717, 1.165) is 12.0 Å². The Bertz CT molecular complexity index is 307. The largest absolute Gasteiger partial charge is 0.314 e. The van der Waals surface area contributed by atoms with Crippen molar-refractivity contribution < 1.29 is 0 Å². The minimum atomic E-state index is 0.815. The predicted molar refractivity (Wildman–Crippen MR) is 140 cm³/mol. The van der Waals surface area contributed by atoms with Gasteiger partial charge in [-0.2, -0.15) is 0 Å². The lowest BCUT2D eigenvalue weighted by Gasteiger charge is -2.20. The molecular weight excluding hydrogens is 374 g/mol. The Hall–Kier alpha value is -0.0400. The van der Waals surface area contributed by atoms with Gasteiger partial charge in [0.15, 0.2) is 0 Å². The highest BCUT2D eigenvalue weighted by Gasteiger charge is 2.10. The molecule has 2 rings (SSSR count). The summed E-state index contributed by atoms with van der Waals surface area (Å²) >= 11 is 0. The van der Waals surface area contributed by atoms with Crippen LogP contribution in [0.4, 0.5) is 0 Å². The van der Waals surface area contributed by atoms with Gasteiger partial charge in [-0.1, -0.05) is 154 Å². The summed E-state index contributed by atoms with van der Waals surface area (Å²) in [5.74, 6) is 1.05. The minimum absolute atomic E-state index is 0.815. The maximum atomic E-state index is 3.95. The lowest BCUT2D eigenvalue weighted by atomic mass is 9.89. The van der Waals surface area contributed by atoms with Gasteiger partial charge in [-0.05, 0) is 31.7 Å². The van der Waals surface area contributed by atoms with Crippen LogP contribution in [0.1, 0.15) is 173 Å². The van der Waals surface area contributed by atoms with E-state index in [4.69, 9.17) is 0 Å². The summed E-state index contributed by atoms with van der Waals surface area (Å²) in [4.78, 5) is 0. The van der Waals surface area contributed by atoms with Crippen molar-refractivity contribution in [3.63, 3.8) is 0 Å². The number of unbranched alkanes of at least 4 members (excludes halogenated alkanes) is 3. The summed E-state index contributed by atoms with van der Waals surface area (Å²) in [7, 11) is 0. The highest BCUT2D eigenvalue weighted by Crippen LogP contribution is 2.25. The molecule has 2 saturated carbocycles. The van der Waals surface area contributed by atoms with Gasteiger partial charge in [-0.15, -0.1) is 0 Å². The molecule has 1 nitrogen and oxygen atoms in total. The highest BCUT2D eigenvalue weighted by molar-refractivity contribution is 4.69. The van der Waals surface area contributed by atoms with Crippen LogP contribution in [0.2, 0.25) is 0 Å². The van der Waals surface area contributed by atoms with Crippen molar-refractivity contribution in [1.29, 1.82) is 0 Å². The summed E-state index contributed by atoms with van der Waals surface area (Å²) in [6.45, 7) is 1.27. The fraction of sp³-hybridized carbons (Fsp3) is 1.00. The summed E-state index contributed by atoms with van der Waals surface area (Å²) in [6, 6.07) is 0.815. The van der Waals surface area contributed by atoms with Gasteiger partial charge in [-0.3, -0.25) is 0 Å². The van der Waals surface area contributed by atoms with E-state index in [1.54, 1.807) is 0 Å². The zero-order valence-corrected chi connectivity index (χ0v) is 21.5. The molecule has 184 valence electrons. The average Bonchev–Trinajstić information content (AvgIpc) is 2.76. The lowest BCUT2D eigenvalue weighted by molar-refractivity contribution is 0.359. The van der Waals surface area contributed by atoms with E-state index in [1.165, 1.54) is 180 Å². The summed E-state index contributed by atoms with van der Waals surface area (Å²) in [6.07, 6.45) is 40.1. The van der Waals surface area contributed by atoms with Crippen LogP contribution in [0, 0.1) is 5.92 Å². The van der Waals surface area contributed by atoms with E-state index in [-0.39, 0.29) is 0 Å². The quantitative estimate of drug-likeness (QED) is 0.375. The van der Waals surface area contributed by atoms with Crippen molar-refractivity contribution >= 4 is 0 Å². The summed E-state index contributed by atoms with van der Waals surface area (Å²) in [5.41, 5.74) is 0. The molecule has 31 heavy (non-hydrogen) atoms. The number of hydrogen-bond donors (Lipinski definition) is 1. The summed E-state index contributed by atoms with van der Waals surface area (Å²) in [5, 5.41) is 3.95. The Labute approximate surface area is 197 Å². The normalized spacial score (nSPS) is 23.2. The van der Waals surface area contributed by atoms with Crippen LogP contribution in [-0.4, -0.2) is 12.6 Å². The van der Waals surface area contributed by atoms with Gasteiger partial charge in [0.2, 0.25) is 0 Å². The van der Waals surface area contributed by atoms with Crippen molar-refractivity contribution in [2.75, 3.05) is 6.54 Å². The zero-order chi connectivity index (χ0) is 21.7. The first-order valence-electron chi connectivity index (χ1n) is 15.2. The molecule has 0 saturated heterocycles. The molecule has 0 aliphatic heterocycles. The first-order chi connectivity index (χ1) is 15.4. The van der Waals surface area contributed by atoms with Crippen LogP contribution in [0.25, 0.3) is 0 Å². The third kappa shape index (κ3) is 16.3. The van der Waals surface area contributed by atoms with Crippen molar-refractivity contribution in [3.8, 4) is 0 Å². The maximum absolute atomic E-state index is 3.95. The molecule has 0 aromatic rings. The lowest BCUT2D eigenvalue weighted by Crippen LogP contribution is -2.30. The van der Waals surface area contributed by atoms with E-state index in [1.807, 2.05) is 0 Å². The van der Waals surface area contributed by atoms with Crippen LogP contribution < -0.4 is 5.32 Å². The van der Waals surface area contributed by atoms with E-state index in [0.29, 0.717) is 0 Å². The first-order valence-corrected chi connectivity index (χ1v) is 15.2. The SMILES string of the molecule is C1CCCCCC(CCCCCCNC2CCCCCCCCCCC2)CCCCC1. The molecule has 0 unspecified atom stereocenters. The van der Waals surface area contributed by atoms with Crippen molar-refractivity contribution in [3.05, 3.63) is 0 Å². The van der Waals surface area contributed by atoms with Gasteiger partial charge in [0.25, 0.3) is 0 Å². The van der Waals surface area contributed by atoms with Crippen molar-refractivity contribution in [2.24, 2.45) is 5.92 Å². The summed E-state index contributed by atoms with van der Waals surface area (Å²) < 4.78 is 0. The van der Waals surface area contributed by atoms with Gasteiger partial charge < -0.3 is 5.32 Å². The second-order valence-corrected chi connectivity index (χ2v) is 11.2. The average molecular weight is 434 g/mol. The number of rotatable bonds is 8. The standard InChI is InChI=1S/C30H59N/c1-3-7-11-17-23-29(24-18-12-8-4-1)25-19-15-16-22-28-31-30-26-20-13-9-5-2-6-10-14-21-27-30/h29-31H,1-28H2. The molecular formula is C30H59N. The monoisotopic (exact) mass is 433 g/mol. The molecule has 0 aromatic heterocycles. The Morgan fingerprint density at radius 3 is 1.26 bits per heavy atom. The van der Waals surface area contributed by atoms with Crippen molar-refractivity contribution in [2.45, 2.75) is 179 Å². The highest BCUT2D eigenvalue weighted by atomic mass is 14.9. The third-order valence-corrected chi connectivity index (χ3v) is 8.30. The maximum Gasteiger partial charge on any atom is 0.00670 e. The molecule has 1 heteroatoms. The smallest absolute Gasteiger partial charge is 0.00670 e. The molecule has 2 fully saturated rings. The van der Waals surface area contributed by atoms with Gasteiger partial charge in [0, 0.05) is 6.04 Å². The molecule has 0 bridgehead atoms. The van der Waals surface area contributed by atoms with E-state index < -0.39 is 0 Å². The van der Waals surface area contributed by atoms with Gasteiger partial charge in [0.1, 0.15) is 0 Å². The predicted octanol–water partition coefficient (Wildman–Crippen LogP) is 10.1. The molecule has 2 aliphatic carbocycles. The van der Waals surface area contributed by atoms with E-state index in [9.17, 15) is 0 Å². The van der Waals surface area contributed by atoms with Crippen LogP contribution in [0.15, 0.2) is 0 Å². The Balaban J connectivity index is 1.49. The second-order valence-electron chi connectivity index (χ2n) is 11.2. The molecule has 0 atom stereocenters. The van der Waals surface area contributed by atoms with Crippen LogP contribution >= 0.6 is 0 Å². The van der Waals surface area contributed by atoms with Crippen LogP contribution in [0.3, 0.4) is 0 Å². The Kier molecular flexibility index (Phi) is 18.0. The first kappa shape index (κ1) is 27.2. The van der Waals surface area contributed by atoms with Gasteiger partial charge in [0.05, 0.1) is 0 Å². The number of hydrogen-bond acceptors (Lipinski definition) is 1. The Morgan fingerprint density at radius 2 is 0.774 bits per heavy atom. The second kappa shape index (κ2) is 20.6.